The third kappa shape index (κ3) is 5.58. The number of Topliss-reactive ketones (excluding diaryl/α,β-unsaturated/α-hetero) is 1. The molecule has 172 valence electrons. The molecule has 1 aromatic carbocycles. The maximum atomic E-state index is 14.4. The molecule has 6 nitrogen and oxygen atoms in total. The van der Waals surface area contributed by atoms with Gasteiger partial charge in [-0.15, -0.1) is 0 Å². The predicted octanol–water partition coefficient (Wildman–Crippen LogP) is 3.33. The van der Waals surface area contributed by atoms with Crippen LogP contribution in [-0.4, -0.2) is 65.4 Å². The highest BCUT2D eigenvalue weighted by Crippen LogP contribution is 2.22. The van der Waals surface area contributed by atoms with E-state index >= 15 is 0 Å². The molecule has 3 rings (SSSR count). The van der Waals surface area contributed by atoms with Crippen LogP contribution >= 0.6 is 0 Å². The van der Waals surface area contributed by atoms with Crippen molar-refractivity contribution in [3.8, 4) is 0 Å². The summed E-state index contributed by atoms with van der Waals surface area (Å²) in [7, 11) is 1.54. The molecule has 1 fully saturated rings. The monoisotopic (exact) mass is 441 g/mol. The molecule has 1 aromatic heterocycles. The van der Waals surface area contributed by atoms with Gasteiger partial charge in [-0.25, -0.2) is 4.39 Å². The van der Waals surface area contributed by atoms with E-state index < -0.39 is 6.10 Å². The Hall–Kier alpha value is -2.64. The van der Waals surface area contributed by atoms with E-state index in [1.807, 2.05) is 25.7 Å². The average molecular weight is 442 g/mol. The molecule has 2 atom stereocenters. The Morgan fingerprint density at radius 1 is 1.22 bits per heavy atom. The number of amides is 1. The number of carbonyl (C=O) groups is 2. The van der Waals surface area contributed by atoms with Gasteiger partial charge in [-0.1, -0.05) is 0 Å². The van der Waals surface area contributed by atoms with E-state index in [0.717, 1.165) is 16.8 Å². The number of aryl methyl sites for hydroxylation is 1. The fourth-order valence-electron chi connectivity index (χ4n) is 4.13. The summed E-state index contributed by atoms with van der Waals surface area (Å²) in [6.45, 7) is 10.2. The molecule has 1 saturated heterocycles. The van der Waals surface area contributed by atoms with Crippen molar-refractivity contribution in [2.45, 2.75) is 52.8 Å². The summed E-state index contributed by atoms with van der Waals surface area (Å²) in [5.41, 5.74) is 3.87. The minimum absolute atomic E-state index is 0.00650. The molecular weight excluding hydrogens is 409 g/mol. The molecule has 0 N–H and O–H groups in total. The van der Waals surface area contributed by atoms with Gasteiger partial charge in [-0.3, -0.25) is 19.5 Å². The lowest BCUT2D eigenvalue weighted by molar-refractivity contribution is -0.145. The maximum absolute atomic E-state index is 14.4. The standard InChI is InChI=1S/C25H32FN3O3/c1-16-6-7-20(13-27-16)24(30)12-21-10-23(26)11-22(18(21)3)15-28-8-9-29(17(2)14-28)25(31)19(4)32-5/h6-7,10-11,13,17,19H,8-9,12,14-15H2,1-5H3/t17-,19?/m0/s1. The van der Waals surface area contributed by atoms with E-state index in [2.05, 4.69) is 9.88 Å². The number of hydrogen-bond acceptors (Lipinski definition) is 5. The predicted molar refractivity (Wildman–Crippen MR) is 121 cm³/mol. The molecule has 0 spiro atoms. The van der Waals surface area contributed by atoms with Gasteiger partial charge in [-0.05, 0) is 68.7 Å². The molecule has 1 amide bonds. The van der Waals surface area contributed by atoms with Crippen LogP contribution in [0, 0.1) is 19.7 Å². The number of aromatic nitrogens is 1. The Morgan fingerprint density at radius 2 is 1.94 bits per heavy atom. The second kappa shape index (κ2) is 10.3. The summed E-state index contributed by atoms with van der Waals surface area (Å²) in [5.74, 6) is -0.427. The molecule has 1 aliphatic heterocycles. The van der Waals surface area contributed by atoms with Crippen LogP contribution in [0.1, 0.15) is 46.6 Å². The third-order valence-electron chi connectivity index (χ3n) is 6.26. The third-order valence-corrected chi connectivity index (χ3v) is 6.26. The van der Waals surface area contributed by atoms with Crippen molar-refractivity contribution in [1.82, 2.24) is 14.8 Å². The number of halogens is 1. The smallest absolute Gasteiger partial charge is 0.251 e. The number of hydrogen-bond donors (Lipinski definition) is 0. The zero-order chi connectivity index (χ0) is 23.4. The topological polar surface area (TPSA) is 62.7 Å². The molecule has 0 bridgehead atoms. The molecule has 2 aromatic rings. The number of pyridine rings is 1. The summed E-state index contributed by atoms with van der Waals surface area (Å²) in [6, 6.07) is 6.59. The van der Waals surface area contributed by atoms with Gasteiger partial charge in [0.05, 0.1) is 0 Å². The van der Waals surface area contributed by atoms with Gasteiger partial charge >= 0.3 is 0 Å². The molecule has 2 heterocycles. The van der Waals surface area contributed by atoms with E-state index in [9.17, 15) is 14.0 Å². The molecule has 0 aliphatic carbocycles. The largest absolute Gasteiger partial charge is 0.372 e. The van der Waals surface area contributed by atoms with Crippen molar-refractivity contribution in [3.63, 3.8) is 0 Å². The Kier molecular flexibility index (Phi) is 7.74. The first-order chi connectivity index (χ1) is 15.2. The summed E-state index contributed by atoms with van der Waals surface area (Å²) in [5, 5.41) is 0. The second-order valence-corrected chi connectivity index (χ2v) is 8.63. The number of ether oxygens (including phenoxy) is 1. The van der Waals surface area contributed by atoms with Crippen LogP contribution in [0.3, 0.4) is 0 Å². The zero-order valence-corrected chi connectivity index (χ0v) is 19.5. The van der Waals surface area contributed by atoms with Crippen molar-refractivity contribution in [1.29, 1.82) is 0 Å². The lowest BCUT2D eigenvalue weighted by atomic mass is 9.95. The summed E-state index contributed by atoms with van der Waals surface area (Å²) in [6.07, 6.45) is 1.24. The minimum atomic E-state index is -0.460. The number of methoxy groups -OCH3 is 1. The van der Waals surface area contributed by atoms with Crippen LogP contribution in [0.5, 0.6) is 0 Å². The van der Waals surface area contributed by atoms with E-state index in [0.29, 0.717) is 37.3 Å². The summed E-state index contributed by atoms with van der Waals surface area (Å²) in [4.78, 5) is 33.4. The van der Waals surface area contributed by atoms with Crippen LogP contribution < -0.4 is 0 Å². The highest BCUT2D eigenvalue weighted by atomic mass is 19.1. The molecular formula is C25H32FN3O3. The zero-order valence-electron chi connectivity index (χ0n) is 19.5. The first-order valence-electron chi connectivity index (χ1n) is 11.0. The van der Waals surface area contributed by atoms with Crippen molar-refractivity contribution < 1.29 is 18.7 Å². The SMILES string of the molecule is COC(C)C(=O)N1CCN(Cc2cc(F)cc(CC(=O)c3ccc(C)nc3)c2C)C[C@@H]1C. The van der Waals surface area contributed by atoms with Gasteiger partial charge in [0.2, 0.25) is 0 Å². The number of piperazine rings is 1. The van der Waals surface area contributed by atoms with Gasteiger partial charge in [0.1, 0.15) is 11.9 Å². The van der Waals surface area contributed by atoms with Gasteiger partial charge in [0.25, 0.3) is 5.91 Å². The molecule has 0 radical (unpaired) electrons. The summed E-state index contributed by atoms with van der Waals surface area (Å²) >= 11 is 0. The summed E-state index contributed by atoms with van der Waals surface area (Å²) < 4.78 is 19.6. The molecule has 7 heteroatoms. The Balaban J connectivity index is 1.70. The van der Waals surface area contributed by atoms with Gasteiger partial charge < -0.3 is 9.64 Å². The van der Waals surface area contributed by atoms with Crippen molar-refractivity contribution in [3.05, 3.63) is 64.2 Å². The number of carbonyl (C=O) groups excluding carboxylic acids is 2. The van der Waals surface area contributed by atoms with Gasteiger partial charge in [0, 0.05) is 63.2 Å². The van der Waals surface area contributed by atoms with Crippen molar-refractivity contribution in [2.75, 3.05) is 26.7 Å². The van der Waals surface area contributed by atoms with Crippen LogP contribution in [0.2, 0.25) is 0 Å². The lowest BCUT2D eigenvalue weighted by Crippen LogP contribution is -2.55. The number of benzene rings is 1. The Morgan fingerprint density at radius 3 is 2.56 bits per heavy atom. The molecule has 1 aliphatic rings. The highest BCUT2D eigenvalue weighted by molar-refractivity contribution is 5.97. The fourth-order valence-corrected chi connectivity index (χ4v) is 4.13. The molecule has 1 unspecified atom stereocenters. The van der Waals surface area contributed by atoms with Crippen LogP contribution in [0.25, 0.3) is 0 Å². The molecule has 0 saturated carbocycles. The van der Waals surface area contributed by atoms with E-state index in [4.69, 9.17) is 4.74 Å². The van der Waals surface area contributed by atoms with Gasteiger partial charge in [0.15, 0.2) is 5.78 Å². The minimum Gasteiger partial charge on any atom is -0.372 e. The van der Waals surface area contributed by atoms with E-state index in [1.165, 1.54) is 13.2 Å². The number of nitrogens with zero attached hydrogens (tertiary/aromatic N) is 3. The van der Waals surface area contributed by atoms with Crippen LogP contribution in [0.4, 0.5) is 4.39 Å². The number of ketones is 1. The Bertz CT molecular complexity index is 977. The van der Waals surface area contributed by atoms with Crippen LogP contribution in [0.15, 0.2) is 30.5 Å². The van der Waals surface area contributed by atoms with E-state index in [-0.39, 0.29) is 30.0 Å². The quantitative estimate of drug-likeness (QED) is 0.617. The van der Waals surface area contributed by atoms with Crippen molar-refractivity contribution in [2.24, 2.45) is 0 Å². The van der Waals surface area contributed by atoms with Crippen LogP contribution in [-0.2, 0) is 22.5 Å². The lowest BCUT2D eigenvalue weighted by Gasteiger charge is -2.41. The van der Waals surface area contributed by atoms with Crippen molar-refractivity contribution >= 4 is 11.7 Å². The maximum Gasteiger partial charge on any atom is 0.251 e. The normalized spacial score (nSPS) is 17.9. The van der Waals surface area contributed by atoms with Gasteiger partial charge in [-0.2, -0.15) is 0 Å². The molecule has 32 heavy (non-hydrogen) atoms. The van der Waals surface area contributed by atoms with E-state index in [1.54, 1.807) is 31.3 Å². The second-order valence-electron chi connectivity index (χ2n) is 8.63. The number of rotatable bonds is 7. The highest BCUT2D eigenvalue weighted by Gasteiger charge is 2.30. The average Bonchev–Trinajstić information content (AvgIpc) is 2.76. The first kappa shape index (κ1) is 24.0. The Labute approximate surface area is 189 Å². The first-order valence-corrected chi connectivity index (χ1v) is 11.0. The fraction of sp³-hybridized carbons (Fsp3) is 0.480.